The molecule has 0 amide bonds. The fourth-order valence-corrected chi connectivity index (χ4v) is 14.1. The van der Waals surface area contributed by atoms with E-state index in [1.54, 1.807) is 12.1 Å². The van der Waals surface area contributed by atoms with Gasteiger partial charge in [-0.2, -0.15) is 0 Å². The van der Waals surface area contributed by atoms with Gasteiger partial charge in [0.05, 0.1) is 0 Å². The van der Waals surface area contributed by atoms with Crippen LogP contribution in [0.4, 0.5) is 0 Å². The Morgan fingerprint density at radius 3 is 0.495 bits per heavy atom. The number of phenols is 6. The molecule has 6 heteroatoms. The molecule has 0 fully saturated rings. The maximum Gasteiger partial charge on any atom is 0.123 e. The lowest BCUT2D eigenvalue weighted by molar-refractivity contribution is 0.444. The molecule has 0 saturated heterocycles. The third-order valence-electron chi connectivity index (χ3n) is 19.6. The van der Waals surface area contributed by atoms with Crippen LogP contribution in [-0.4, -0.2) is 30.6 Å². The molecule has 0 bridgehead atoms. The molecular weight excluding hydrogens is 1160 g/mol. The number of phenolic OH excluding ortho intramolecular Hbond substituents is 6. The molecule has 11 rings (SSSR count). The maximum absolute atomic E-state index is 14.0. The Labute approximate surface area is 563 Å². The Morgan fingerprint density at radius 1 is 0.168 bits per heavy atom. The van der Waals surface area contributed by atoms with Gasteiger partial charge in [0, 0.05) is 85.2 Å². The summed E-state index contributed by atoms with van der Waals surface area (Å²) >= 11 is 0. The van der Waals surface area contributed by atoms with Crippen LogP contribution in [0.5, 0.6) is 34.5 Å². The summed E-state index contributed by atoms with van der Waals surface area (Å²) in [6.45, 7) is 25.8. The average molecular weight is 1260 g/mol. The van der Waals surface area contributed by atoms with Crippen LogP contribution in [0.3, 0.4) is 0 Å². The van der Waals surface area contributed by atoms with E-state index in [9.17, 15) is 30.6 Å². The normalized spacial score (nSPS) is 13.5. The van der Waals surface area contributed by atoms with Gasteiger partial charge in [-0.15, -0.1) is 0 Å². The van der Waals surface area contributed by atoms with Crippen LogP contribution in [0.1, 0.15) is 265 Å². The molecule has 11 aromatic rings. The van der Waals surface area contributed by atoms with Crippen molar-refractivity contribution in [3.63, 3.8) is 0 Å². The van der Waals surface area contributed by atoms with Gasteiger partial charge in [0.15, 0.2) is 0 Å². The minimum Gasteiger partial charge on any atom is -0.508 e. The fourth-order valence-electron chi connectivity index (χ4n) is 14.1. The molecular formula is C89H92O6. The molecule has 484 valence electrons. The van der Waals surface area contributed by atoms with Crippen LogP contribution in [0.15, 0.2) is 237 Å². The molecule has 0 heterocycles. The van der Waals surface area contributed by atoms with Crippen molar-refractivity contribution in [3.8, 4) is 34.5 Å². The highest BCUT2D eigenvalue weighted by molar-refractivity contribution is 5.68. The molecule has 0 aliphatic carbocycles. The van der Waals surface area contributed by atoms with Gasteiger partial charge in [-0.05, 0) is 109 Å². The Balaban J connectivity index is 1.19. The lowest BCUT2D eigenvalue weighted by Crippen LogP contribution is -2.14. The molecule has 0 saturated carbocycles. The van der Waals surface area contributed by atoms with Crippen molar-refractivity contribution in [3.05, 3.63) is 353 Å². The predicted octanol–water partition coefficient (Wildman–Crippen LogP) is 22.6. The Kier molecular flexibility index (Phi) is 20.0. The fraction of sp³-hybridized carbons (Fsp3) is 0.258. The molecule has 6 nitrogen and oxygen atoms in total. The molecule has 4 unspecified atom stereocenters. The van der Waals surface area contributed by atoms with Crippen LogP contribution in [-0.2, 0) is 0 Å². The first-order chi connectivity index (χ1) is 45.6. The standard InChI is InChI=1S/C89H92O6/c1-52(2)63-38-40-79(90)69(42-63)81(58-28-18-13-19-29-58)71-44-65(54(5)6)46-73(86(71)92)83(60-32-22-15-23-33-60)75-48-67(56(9)10)50-77(88(75)94)85(62-36-26-17-27-37-62)78-51-68(57(11)12)49-76(89(78)95)84(61-34-24-16-25-35-61)74-47-66(55(7)8)45-72(87(74)93)82(59-30-20-14-21-31-59)70-43-64(53(3)4)39-41-80(70)91/h13-57,81-85,90-95H,1-12H3. The second-order valence-corrected chi connectivity index (χ2v) is 28.0. The largest absolute Gasteiger partial charge is 0.508 e. The van der Waals surface area contributed by atoms with Gasteiger partial charge >= 0.3 is 0 Å². The zero-order valence-electron chi connectivity index (χ0n) is 57.1. The van der Waals surface area contributed by atoms with E-state index in [0.29, 0.717) is 55.6 Å². The topological polar surface area (TPSA) is 121 Å². The van der Waals surface area contributed by atoms with Crippen molar-refractivity contribution >= 4 is 0 Å². The van der Waals surface area contributed by atoms with E-state index in [2.05, 4.69) is 204 Å². The van der Waals surface area contributed by atoms with E-state index in [-0.39, 0.29) is 70.0 Å². The molecule has 0 radical (unpaired) electrons. The van der Waals surface area contributed by atoms with Gasteiger partial charge in [0.1, 0.15) is 34.5 Å². The number of aromatic hydroxyl groups is 6. The molecule has 0 aliphatic rings. The third kappa shape index (κ3) is 13.7. The third-order valence-corrected chi connectivity index (χ3v) is 19.6. The second-order valence-electron chi connectivity index (χ2n) is 28.0. The van der Waals surface area contributed by atoms with Crippen LogP contribution in [0.2, 0.25) is 0 Å². The number of hydrogen-bond donors (Lipinski definition) is 6. The summed E-state index contributed by atoms with van der Waals surface area (Å²) in [5.41, 5.74) is 16.5. The monoisotopic (exact) mass is 1260 g/mol. The first-order valence-corrected chi connectivity index (χ1v) is 34.0. The van der Waals surface area contributed by atoms with Crippen LogP contribution in [0.25, 0.3) is 0 Å². The van der Waals surface area contributed by atoms with E-state index in [0.717, 1.165) is 61.2 Å². The molecule has 6 N–H and O–H groups in total. The quantitative estimate of drug-likeness (QED) is 0.0399. The highest BCUT2D eigenvalue weighted by Gasteiger charge is 2.37. The van der Waals surface area contributed by atoms with E-state index in [4.69, 9.17) is 0 Å². The van der Waals surface area contributed by atoms with E-state index in [1.807, 2.05) is 103 Å². The van der Waals surface area contributed by atoms with Gasteiger partial charge in [-0.3, -0.25) is 0 Å². The Hall–Kier alpha value is -9.78. The highest BCUT2D eigenvalue weighted by Crippen LogP contribution is 2.55. The van der Waals surface area contributed by atoms with Crippen LogP contribution >= 0.6 is 0 Å². The summed E-state index contributed by atoms with van der Waals surface area (Å²) in [7, 11) is 0. The van der Waals surface area contributed by atoms with Gasteiger partial charge < -0.3 is 30.6 Å². The Morgan fingerprint density at radius 2 is 0.326 bits per heavy atom. The molecule has 0 spiro atoms. The van der Waals surface area contributed by atoms with Gasteiger partial charge in [0.2, 0.25) is 0 Å². The van der Waals surface area contributed by atoms with Crippen molar-refractivity contribution in [2.45, 2.75) is 148 Å². The average Bonchev–Trinajstić information content (AvgIpc) is 0.860. The summed E-state index contributed by atoms with van der Waals surface area (Å²) in [5, 5.41) is 79.1. The number of hydrogen-bond acceptors (Lipinski definition) is 6. The molecule has 95 heavy (non-hydrogen) atoms. The molecule has 0 aliphatic heterocycles. The van der Waals surface area contributed by atoms with E-state index < -0.39 is 29.6 Å². The van der Waals surface area contributed by atoms with Crippen molar-refractivity contribution in [2.24, 2.45) is 0 Å². The Bertz CT molecular complexity index is 4190. The van der Waals surface area contributed by atoms with Crippen LogP contribution < -0.4 is 0 Å². The van der Waals surface area contributed by atoms with Crippen molar-refractivity contribution in [1.29, 1.82) is 0 Å². The molecule has 11 aromatic carbocycles. The summed E-state index contributed by atoms with van der Waals surface area (Å²) in [5.74, 6) is -2.68. The highest BCUT2D eigenvalue weighted by atomic mass is 16.3. The molecule has 4 atom stereocenters. The predicted molar refractivity (Wildman–Crippen MR) is 390 cm³/mol. The zero-order valence-corrected chi connectivity index (χ0v) is 57.1. The first-order valence-electron chi connectivity index (χ1n) is 34.0. The maximum atomic E-state index is 14.0. The summed E-state index contributed by atoms with van der Waals surface area (Å²) in [4.78, 5) is 0. The van der Waals surface area contributed by atoms with Gasteiger partial charge in [-0.1, -0.05) is 308 Å². The minimum atomic E-state index is -0.770. The van der Waals surface area contributed by atoms with Crippen molar-refractivity contribution < 1.29 is 30.6 Å². The van der Waals surface area contributed by atoms with Crippen LogP contribution in [0, 0.1) is 0 Å². The van der Waals surface area contributed by atoms with E-state index in [1.165, 1.54) is 0 Å². The lowest BCUT2D eigenvalue weighted by Gasteiger charge is -2.31. The SMILES string of the molecule is CC(C)c1ccc(O)c(C(c2ccccc2)c2cc(C(C)C)cc(C(c3ccccc3)c3cc(C(C)C)cc(C(c4ccccc4)c4cc(C(C)C)cc(C(c5ccccc5)c5cc(C(C)C)cc(C(c6ccccc6)c6cc(C(C)C)ccc6O)c5O)c4O)c3O)c2O)c1. The lowest BCUT2D eigenvalue weighted by atomic mass is 9.73. The second kappa shape index (κ2) is 28.4. The first kappa shape index (κ1) is 66.7. The minimum absolute atomic E-state index is 0.0112. The number of rotatable bonds is 21. The number of benzene rings is 11. The zero-order chi connectivity index (χ0) is 67.5. The summed E-state index contributed by atoms with van der Waals surface area (Å²) in [6.07, 6.45) is 0. The van der Waals surface area contributed by atoms with Crippen molar-refractivity contribution in [2.75, 3.05) is 0 Å². The molecule has 0 aromatic heterocycles. The smallest absolute Gasteiger partial charge is 0.123 e. The van der Waals surface area contributed by atoms with E-state index >= 15 is 0 Å². The van der Waals surface area contributed by atoms with Gasteiger partial charge in [0.25, 0.3) is 0 Å². The summed E-state index contributed by atoms with van der Waals surface area (Å²) < 4.78 is 0. The summed E-state index contributed by atoms with van der Waals surface area (Å²) in [6, 6.07) is 78.9. The van der Waals surface area contributed by atoms with Crippen molar-refractivity contribution in [1.82, 2.24) is 0 Å². The van der Waals surface area contributed by atoms with Gasteiger partial charge in [-0.25, -0.2) is 0 Å².